The lowest BCUT2D eigenvalue weighted by Gasteiger charge is -2.34. The van der Waals surface area contributed by atoms with Crippen molar-refractivity contribution in [1.29, 1.82) is 0 Å². The average molecular weight is 506 g/mol. The number of nitrogens with zero attached hydrogens (tertiary/aromatic N) is 3. The molecule has 1 aliphatic heterocycles. The van der Waals surface area contributed by atoms with Crippen LogP contribution in [0.15, 0.2) is 35.4 Å². The second-order valence-corrected chi connectivity index (χ2v) is 7.86. The number of halogens is 6. The number of carbonyl (C=O) groups excluding carboxylic acids is 2. The molecule has 3 rings (SSSR count). The van der Waals surface area contributed by atoms with Gasteiger partial charge in [-0.05, 0) is 30.7 Å². The van der Waals surface area contributed by atoms with Gasteiger partial charge in [0.1, 0.15) is 17.4 Å². The number of H-pyrrole nitrogens is 1. The van der Waals surface area contributed by atoms with Crippen molar-refractivity contribution in [3.05, 3.63) is 63.3 Å². The highest BCUT2D eigenvalue weighted by molar-refractivity contribution is 5.92. The van der Waals surface area contributed by atoms with E-state index in [-0.39, 0.29) is 43.9 Å². The Hall–Kier alpha value is -3.58. The molecule has 0 bridgehead atoms. The van der Waals surface area contributed by atoms with Crippen molar-refractivity contribution in [2.45, 2.75) is 31.8 Å². The maximum absolute atomic E-state index is 12.9. The number of aromatic nitrogens is 2. The Morgan fingerprint density at radius 1 is 1.06 bits per heavy atom. The zero-order chi connectivity index (χ0) is 26.0. The first-order chi connectivity index (χ1) is 16.3. The smallest absolute Gasteiger partial charge is 0.421 e. The van der Waals surface area contributed by atoms with E-state index in [2.05, 4.69) is 4.98 Å². The fraction of sp³-hybridized carbons (Fsp3) is 0.429. The van der Waals surface area contributed by atoms with Crippen LogP contribution >= 0.6 is 0 Å². The summed E-state index contributed by atoms with van der Waals surface area (Å²) in [7, 11) is 0. The molecule has 2 amide bonds. The standard InChI is InChI=1S/C21H20F6N4O4/c1-12(8-13-9-15(21(25,26)27)17(32)29-10-13)35-19(34)31-6-4-30(5-7-31)18(33)16-3-2-14(11-28-16)20(22,23)24/h2-3,9-12H,4-8H2,1H3,(H,29,32). The number of nitrogens with one attached hydrogen (secondary N) is 1. The van der Waals surface area contributed by atoms with Crippen LogP contribution in [-0.2, 0) is 23.5 Å². The summed E-state index contributed by atoms with van der Waals surface area (Å²) in [5, 5.41) is 0. The monoisotopic (exact) mass is 506 g/mol. The highest BCUT2D eigenvalue weighted by Crippen LogP contribution is 2.29. The van der Waals surface area contributed by atoms with Gasteiger partial charge in [0.05, 0.1) is 5.56 Å². The lowest BCUT2D eigenvalue weighted by atomic mass is 10.1. The Morgan fingerprint density at radius 2 is 1.69 bits per heavy atom. The Kier molecular flexibility index (Phi) is 7.41. The molecule has 2 aromatic heterocycles. The summed E-state index contributed by atoms with van der Waals surface area (Å²) < 4.78 is 81.9. The van der Waals surface area contributed by atoms with Gasteiger partial charge in [0.25, 0.3) is 11.5 Å². The number of rotatable bonds is 4. The van der Waals surface area contributed by atoms with E-state index >= 15 is 0 Å². The molecule has 0 spiro atoms. The SMILES string of the molecule is CC(Cc1c[nH]c(=O)c(C(F)(F)F)c1)OC(=O)N1CCN(C(=O)c2ccc(C(F)(F)F)cn2)CC1. The molecule has 1 aliphatic rings. The first-order valence-electron chi connectivity index (χ1n) is 10.3. The van der Waals surface area contributed by atoms with E-state index in [1.54, 1.807) is 0 Å². The molecule has 1 fully saturated rings. The van der Waals surface area contributed by atoms with Crippen molar-refractivity contribution in [2.75, 3.05) is 26.2 Å². The molecular weight excluding hydrogens is 486 g/mol. The van der Waals surface area contributed by atoms with Crippen LogP contribution in [0, 0.1) is 0 Å². The fourth-order valence-corrected chi connectivity index (χ4v) is 3.42. The normalized spacial score (nSPS) is 15.6. The third kappa shape index (κ3) is 6.51. The third-order valence-electron chi connectivity index (χ3n) is 5.23. The number of carbonyl (C=O) groups is 2. The first kappa shape index (κ1) is 26.0. The van der Waals surface area contributed by atoms with Gasteiger partial charge in [-0.25, -0.2) is 4.79 Å². The first-order valence-corrected chi connectivity index (χ1v) is 10.3. The Morgan fingerprint density at radius 3 is 2.23 bits per heavy atom. The molecule has 14 heteroatoms. The quantitative estimate of drug-likeness (QED) is 0.642. The molecule has 1 atom stereocenters. The number of amides is 2. The molecule has 1 saturated heterocycles. The molecule has 0 radical (unpaired) electrons. The van der Waals surface area contributed by atoms with Crippen LogP contribution in [0.1, 0.15) is 34.1 Å². The van der Waals surface area contributed by atoms with Crippen LogP contribution in [0.3, 0.4) is 0 Å². The minimum absolute atomic E-state index is 0.0782. The molecule has 0 saturated carbocycles. The summed E-state index contributed by atoms with van der Waals surface area (Å²) in [6.45, 7) is 1.80. The predicted octanol–water partition coefficient (Wildman–Crippen LogP) is 3.33. The summed E-state index contributed by atoms with van der Waals surface area (Å²) in [5.41, 5.74) is -3.65. The van der Waals surface area contributed by atoms with Crippen molar-refractivity contribution >= 4 is 12.0 Å². The van der Waals surface area contributed by atoms with Gasteiger partial charge in [-0.15, -0.1) is 0 Å². The van der Waals surface area contributed by atoms with Gasteiger partial charge in [0.15, 0.2) is 0 Å². The molecule has 1 N–H and O–H groups in total. The second kappa shape index (κ2) is 9.96. The fourth-order valence-electron chi connectivity index (χ4n) is 3.42. The molecule has 35 heavy (non-hydrogen) atoms. The van der Waals surface area contributed by atoms with Crippen molar-refractivity contribution in [2.24, 2.45) is 0 Å². The Labute approximate surface area is 194 Å². The van der Waals surface area contributed by atoms with Gasteiger partial charge in [-0.2, -0.15) is 26.3 Å². The lowest BCUT2D eigenvalue weighted by molar-refractivity contribution is -0.139. The molecule has 1 unspecified atom stereocenters. The van der Waals surface area contributed by atoms with Crippen LogP contribution in [0.4, 0.5) is 31.1 Å². The summed E-state index contributed by atoms with van der Waals surface area (Å²) in [6, 6.07) is 2.44. The number of piperazine rings is 1. The number of pyridine rings is 2. The number of hydrogen-bond acceptors (Lipinski definition) is 5. The van der Waals surface area contributed by atoms with E-state index in [9.17, 15) is 40.7 Å². The molecule has 2 aromatic rings. The van der Waals surface area contributed by atoms with Gasteiger partial charge in [0.2, 0.25) is 0 Å². The number of hydrogen-bond donors (Lipinski definition) is 1. The van der Waals surface area contributed by atoms with Crippen molar-refractivity contribution in [3.8, 4) is 0 Å². The summed E-state index contributed by atoms with van der Waals surface area (Å²) in [5.74, 6) is -0.585. The topological polar surface area (TPSA) is 95.6 Å². The summed E-state index contributed by atoms with van der Waals surface area (Å²) >= 11 is 0. The lowest BCUT2D eigenvalue weighted by Crippen LogP contribution is -2.51. The molecule has 0 aromatic carbocycles. The minimum Gasteiger partial charge on any atom is -0.446 e. The van der Waals surface area contributed by atoms with E-state index in [0.29, 0.717) is 12.3 Å². The van der Waals surface area contributed by atoms with Crippen LogP contribution in [0.2, 0.25) is 0 Å². The van der Waals surface area contributed by atoms with Crippen LogP contribution in [0.25, 0.3) is 0 Å². The number of alkyl halides is 6. The van der Waals surface area contributed by atoms with E-state index < -0.39 is 47.1 Å². The van der Waals surface area contributed by atoms with Gasteiger partial charge >= 0.3 is 18.4 Å². The highest BCUT2D eigenvalue weighted by atomic mass is 19.4. The summed E-state index contributed by atoms with van der Waals surface area (Å²) in [6.07, 6.45) is -9.34. The molecular formula is C21H20F6N4O4. The van der Waals surface area contributed by atoms with Crippen LogP contribution in [0.5, 0.6) is 0 Å². The van der Waals surface area contributed by atoms with Crippen molar-refractivity contribution in [3.63, 3.8) is 0 Å². The number of ether oxygens (including phenoxy) is 1. The largest absolute Gasteiger partial charge is 0.446 e. The van der Waals surface area contributed by atoms with Gasteiger partial charge in [-0.3, -0.25) is 14.6 Å². The predicted molar refractivity (Wildman–Crippen MR) is 108 cm³/mol. The number of aromatic amines is 1. The third-order valence-corrected chi connectivity index (χ3v) is 5.23. The van der Waals surface area contributed by atoms with E-state index in [4.69, 9.17) is 4.74 Å². The van der Waals surface area contributed by atoms with Gasteiger partial charge in [-0.1, -0.05) is 0 Å². The molecule has 3 heterocycles. The molecule has 0 aliphatic carbocycles. The molecule has 190 valence electrons. The average Bonchev–Trinajstić information content (AvgIpc) is 2.78. The Balaban J connectivity index is 1.52. The zero-order valence-electron chi connectivity index (χ0n) is 18.2. The minimum atomic E-state index is -4.82. The zero-order valence-corrected chi connectivity index (χ0v) is 18.2. The maximum Gasteiger partial charge on any atom is 0.421 e. The van der Waals surface area contributed by atoms with E-state index in [0.717, 1.165) is 18.3 Å². The van der Waals surface area contributed by atoms with Crippen LogP contribution in [-0.4, -0.2) is 64.1 Å². The Bertz CT molecular complexity index is 1120. The summed E-state index contributed by atoms with van der Waals surface area (Å²) in [4.78, 5) is 44.5. The van der Waals surface area contributed by atoms with E-state index in [1.165, 1.54) is 16.7 Å². The van der Waals surface area contributed by atoms with Crippen LogP contribution < -0.4 is 5.56 Å². The molecule has 8 nitrogen and oxygen atoms in total. The van der Waals surface area contributed by atoms with Gasteiger partial charge < -0.3 is 19.5 Å². The highest BCUT2D eigenvalue weighted by Gasteiger charge is 2.34. The van der Waals surface area contributed by atoms with E-state index in [1.807, 2.05) is 4.98 Å². The van der Waals surface area contributed by atoms with Gasteiger partial charge in [0, 0.05) is 45.0 Å². The van der Waals surface area contributed by atoms with Crippen molar-refractivity contribution in [1.82, 2.24) is 19.8 Å². The second-order valence-electron chi connectivity index (χ2n) is 7.86. The van der Waals surface area contributed by atoms with Crippen molar-refractivity contribution < 1.29 is 40.7 Å². The maximum atomic E-state index is 12.9.